The van der Waals surface area contributed by atoms with Crippen molar-refractivity contribution < 1.29 is 4.79 Å². The number of amides is 1. The predicted molar refractivity (Wildman–Crippen MR) is 74.0 cm³/mol. The van der Waals surface area contributed by atoms with Crippen molar-refractivity contribution in [2.45, 2.75) is 38.1 Å². The number of H-pyrrole nitrogens is 1. The van der Waals surface area contributed by atoms with Gasteiger partial charge in [0.05, 0.1) is 5.56 Å². The van der Waals surface area contributed by atoms with Crippen LogP contribution in [0.1, 0.15) is 42.5 Å². The first-order chi connectivity index (χ1) is 9.22. The van der Waals surface area contributed by atoms with Gasteiger partial charge in [-0.3, -0.25) is 9.59 Å². The van der Waals surface area contributed by atoms with Crippen molar-refractivity contribution in [3.8, 4) is 0 Å². The highest BCUT2D eigenvalue weighted by molar-refractivity contribution is 5.94. The quantitative estimate of drug-likeness (QED) is 0.854. The summed E-state index contributed by atoms with van der Waals surface area (Å²) < 4.78 is 0. The molecule has 0 aliphatic heterocycles. The van der Waals surface area contributed by atoms with Crippen LogP contribution in [-0.2, 0) is 0 Å². The Bertz CT molecular complexity index is 457. The summed E-state index contributed by atoms with van der Waals surface area (Å²) in [5, 5.41) is 0. The van der Waals surface area contributed by atoms with Gasteiger partial charge in [-0.25, -0.2) is 0 Å². The van der Waals surface area contributed by atoms with Crippen molar-refractivity contribution in [3.63, 3.8) is 0 Å². The molecule has 0 spiro atoms. The zero-order valence-electron chi connectivity index (χ0n) is 11.1. The SMILES string of the molecule is NCCN(C(=O)c1ccc(=O)[nH]c1)C1CCCCC1. The van der Waals surface area contributed by atoms with Crippen LogP contribution < -0.4 is 11.3 Å². The highest BCUT2D eigenvalue weighted by Crippen LogP contribution is 2.23. The van der Waals surface area contributed by atoms with Gasteiger partial charge in [-0.1, -0.05) is 19.3 Å². The Balaban J connectivity index is 2.15. The van der Waals surface area contributed by atoms with E-state index in [0.29, 0.717) is 18.7 Å². The number of nitrogens with zero attached hydrogens (tertiary/aromatic N) is 1. The van der Waals surface area contributed by atoms with Crippen LogP contribution in [-0.4, -0.2) is 34.9 Å². The number of nitrogens with one attached hydrogen (secondary N) is 1. The Morgan fingerprint density at radius 2 is 2.05 bits per heavy atom. The van der Waals surface area contributed by atoms with Crippen molar-refractivity contribution in [1.82, 2.24) is 9.88 Å². The average Bonchev–Trinajstić information content (AvgIpc) is 2.46. The van der Waals surface area contributed by atoms with E-state index >= 15 is 0 Å². The first-order valence-corrected chi connectivity index (χ1v) is 6.92. The number of rotatable bonds is 4. The fourth-order valence-electron chi connectivity index (χ4n) is 2.69. The molecule has 0 aromatic carbocycles. The first kappa shape index (κ1) is 13.8. The Labute approximate surface area is 112 Å². The van der Waals surface area contributed by atoms with E-state index in [1.807, 2.05) is 4.90 Å². The summed E-state index contributed by atoms with van der Waals surface area (Å²) in [6, 6.07) is 3.25. The van der Waals surface area contributed by atoms with Gasteiger partial charge in [-0.15, -0.1) is 0 Å². The van der Waals surface area contributed by atoms with E-state index in [4.69, 9.17) is 5.73 Å². The maximum atomic E-state index is 12.5. The van der Waals surface area contributed by atoms with E-state index in [2.05, 4.69) is 4.98 Å². The van der Waals surface area contributed by atoms with Crippen LogP contribution in [0.3, 0.4) is 0 Å². The fraction of sp³-hybridized carbons (Fsp3) is 0.571. The summed E-state index contributed by atoms with van der Waals surface area (Å²) in [5.41, 5.74) is 5.96. The third-order valence-corrected chi connectivity index (χ3v) is 3.68. The minimum absolute atomic E-state index is 0.0337. The highest BCUT2D eigenvalue weighted by atomic mass is 16.2. The van der Waals surface area contributed by atoms with Crippen LogP contribution in [0.4, 0.5) is 0 Å². The van der Waals surface area contributed by atoms with Crippen LogP contribution in [0.15, 0.2) is 23.1 Å². The number of nitrogens with two attached hydrogens (primary N) is 1. The normalized spacial score (nSPS) is 16.3. The third kappa shape index (κ3) is 3.44. The molecule has 19 heavy (non-hydrogen) atoms. The lowest BCUT2D eigenvalue weighted by Crippen LogP contribution is -2.44. The van der Waals surface area contributed by atoms with Crippen LogP contribution >= 0.6 is 0 Å². The summed E-state index contributed by atoms with van der Waals surface area (Å²) in [5.74, 6) is -0.0337. The number of carbonyl (C=O) groups is 1. The second-order valence-corrected chi connectivity index (χ2v) is 5.02. The molecule has 1 fully saturated rings. The highest BCUT2D eigenvalue weighted by Gasteiger charge is 2.25. The van der Waals surface area contributed by atoms with Gasteiger partial charge in [0.1, 0.15) is 0 Å². The smallest absolute Gasteiger partial charge is 0.255 e. The van der Waals surface area contributed by atoms with Gasteiger partial charge in [0, 0.05) is 31.4 Å². The van der Waals surface area contributed by atoms with Crippen LogP contribution in [0.2, 0.25) is 0 Å². The van der Waals surface area contributed by atoms with E-state index in [1.54, 1.807) is 6.07 Å². The Morgan fingerprint density at radius 3 is 2.63 bits per heavy atom. The zero-order chi connectivity index (χ0) is 13.7. The topological polar surface area (TPSA) is 79.2 Å². The number of aromatic amines is 1. The van der Waals surface area contributed by atoms with Gasteiger partial charge < -0.3 is 15.6 Å². The van der Waals surface area contributed by atoms with E-state index < -0.39 is 0 Å². The molecule has 0 radical (unpaired) electrons. The van der Waals surface area contributed by atoms with Crippen molar-refractivity contribution in [2.24, 2.45) is 5.73 Å². The van der Waals surface area contributed by atoms with E-state index in [0.717, 1.165) is 12.8 Å². The predicted octanol–water partition coefficient (Wildman–Crippen LogP) is 1.11. The van der Waals surface area contributed by atoms with E-state index in [-0.39, 0.29) is 17.5 Å². The van der Waals surface area contributed by atoms with Gasteiger partial charge >= 0.3 is 0 Å². The van der Waals surface area contributed by atoms with Crippen LogP contribution in [0.5, 0.6) is 0 Å². The molecule has 0 atom stereocenters. The molecule has 1 saturated carbocycles. The Morgan fingerprint density at radius 1 is 1.32 bits per heavy atom. The lowest BCUT2D eigenvalue weighted by Gasteiger charge is -2.34. The molecule has 3 N–H and O–H groups in total. The first-order valence-electron chi connectivity index (χ1n) is 6.92. The summed E-state index contributed by atoms with van der Waals surface area (Å²) >= 11 is 0. The van der Waals surface area contributed by atoms with Crippen molar-refractivity contribution in [3.05, 3.63) is 34.2 Å². The molecular formula is C14H21N3O2. The summed E-state index contributed by atoms with van der Waals surface area (Å²) in [7, 11) is 0. The van der Waals surface area contributed by atoms with Crippen LogP contribution in [0, 0.1) is 0 Å². The molecule has 1 aromatic rings. The van der Waals surface area contributed by atoms with Gasteiger partial charge in [-0.2, -0.15) is 0 Å². The number of pyridine rings is 1. The second-order valence-electron chi connectivity index (χ2n) is 5.02. The molecule has 1 heterocycles. The molecular weight excluding hydrogens is 242 g/mol. The molecule has 0 unspecified atom stereocenters. The Kier molecular flexibility index (Phi) is 4.74. The molecule has 1 aliphatic carbocycles. The van der Waals surface area contributed by atoms with Crippen molar-refractivity contribution in [2.75, 3.05) is 13.1 Å². The largest absolute Gasteiger partial charge is 0.334 e. The van der Waals surface area contributed by atoms with Crippen LogP contribution in [0.25, 0.3) is 0 Å². The summed E-state index contributed by atoms with van der Waals surface area (Å²) in [4.78, 5) is 27.9. The molecule has 2 rings (SSSR count). The minimum Gasteiger partial charge on any atom is -0.334 e. The van der Waals surface area contributed by atoms with Crippen molar-refractivity contribution in [1.29, 1.82) is 0 Å². The van der Waals surface area contributed by atoms with E-state index in [9.17, 15) is 9.59 Å². The second kappa shape index (κ2) is 6.52. The van der Waals surface area contributed by atoms with E-state index in [1.165, 1.54) is 31.5 Å². The van der Waals surface area contributed by atoms with Gasteiger partial charge in [0.25, 0.3) is 5.91 Å². The molecule has 5 heteroatoms. The standard InChI is InChI=1S/C14H21N3O2/c15-8-9-17(12-4-2-1-3-5-12)14(19)11-6-7-13(18)16-10-11/h6-7,10,12H,1-5,8-9,15H2,(H,16,18). The lowest BCUT2D eigenvalue weighted by atomic mass is 9.93. The third-order valence-electron chi connectivity index (χ3n) is 3.68. The van der Waals surface area contributed by atoms with Gasteiger partial charge in [0.15, 0.2) is 0 Å². The molecule has 1 aromatic heterocycles. The fourth-order valence-corrected chi connectivity index (χ4v) is 2.69. The molecule has 5 nitrogen and oxygen atoms in total. The van der Waals surface area contributed by atoms with Gasteiger partial charge in [0.2, 0.25) is 5.56 Å². The number of hydrogen-bond donors (Lipinski definition) is 2. The number of hydrogen-bond acceptors (Lipinski definition) is 3. The molecule has 1 aliphatic rings. The molecule has 0 bridgehead atoms. The Hall–Kier alpha value is -1.62. The monoisotopic (exact) mass is 263 g/mol. The molecule has 1 amide bonds. The summed E-state index contributed by atoms with van der Waals surface area (Å²) in [6.07, 6.45) is 7.18. The van der Waals surface area contributed by atoms with Gasteiger partial charge in [-0.05, 0) is 18.9 Å². The maximum Gasteiger partial charge on any atom is 0.255 e. The number of aromatic nitrogens is 1. The average molecular weight is 263 g/mol. The number of carbonyl (C=O) groups excluding carboxylic acids is 1. The molecule has 0 saturated heterocycles. The zero-order valence-corrected chi connectivity index (χ0v) is 11.1. The molecule has 104 valence electrons. The summed E-state index contributed by atoms with van der Waals surface area (Å²) in [6.45, 7) is 1.04. The lowest BCUT2D eigenvalue weighted by molar-refractivity contribution is 0.0641. The minimum atomic E-state index is -0.195. The van der Waals surface area contributed by atoms with Crippen molar-refractivity contribution >= 4 is 5.91 Å². The maximum absolute atomic E-state index is 12.5.